The van der Waals surface area contributed by atoms with Crippen LogP contribution in [0.3, 0.4) is 0 Å². The first-order valence-corrected chi connectivity index (χ1v) is 8.02. The molecular weight excluding hydrogens is 288 g/mol. The summed E-state index contributed by atoms with van der Waals surface area (Å²) in [6, 6.07) is 9.92. The van der Waals surface area contributed by atoms with E-state index in [1.54, 1.807) is 6.08 Å². The second-order valence-electron chi connectivity index (χ2n) is 6.89. The van der Waals surface area contributed by atoms with Gasteiger partial charge in [0.25, 0.3) is 5.91 Å². The molecule has 1 aromatic rings. The Bertz CT molecular complexity index is 612. The Kier molecular flexibility index (Phi) is 5.57. The molecule has 122 valence electrons. The quantitative estimate of drug-likeness (QED) is 0.686. The largest absolute Gasteiger partial charge is 0.376 e. The molecule has 1 saturated heterocycles. The maximum Gasteiger partial charge on any atom is 0.262 e. The standard InChI is InChI=1S/C19H24N2O2/c1-19(2,3)16-8-6-14(7-9-16)11-15(12-20)18(22)21-13-17-5-4-10-23-17/h6-9,11,17H,4-5,10,13H2,1-3H3,(H,21,22)/b15-11+. The van der Waals surface area contributed by atoms with Crippen LogP contribution in [0.2, 0.25) is 0 Å². The molecule has 0 radical (unpaired) electrons. The van der Waals surface area contributed by atoms with E-state index in [0.29, 0.717) is 6.54 Å². The molecule has 1 atom stereocenters. The van der Waals surface area contributed by atoms with Crippen LogP contribution in [0.25, 0.3) is 6.08 Å². The molecule has 1 aromatic carbocycles. The van der Waals surface area contributed by atoms with Crippen molar-refractivity contribution in [1.29, 1.82) is 5.26 Å². The van der Waals surface area contributed by atoms with Crippen LogP contribution in [-0.4, -0.2) is 25.2 Å². The van der Waals surface area contributed by atoms with Crippen molar-refractivity contribution >= 4 is 12.0 Å². The van der Waals surface area contributed by atoms with Crippen LogP contribution in [0.1, 0.15) is 44.7 Å². The number of nitrogens with zero attached hydrogens (tertiary/aromatic N) is 1. The molecule has 1 aliphatic rings. The van der Waals surface area contributed by atoms with Crippen LogP contribution in [0.4, 0.5) is 0 Å². The molecule has 0 aromatic heterocycles. The third kappa shape index (κ3) is 4.94. The Morgan fingerprint density at radius 1 is 1.39 bits per heavy atom. The van der Waals surface area contributed by atoms with Crippen LogP contribution in [0.15, 0.2) is 29.8 Å². The molecule has 0 aliphatic carbocycles. The highest BCUT2D eigenvalue weighted by molar-refractivity contribution is 6.01. The van der Waals surface area contributed by atoms with Crippen LogP contribution in [-0.2, 0) is 14.9 Å². The van der Waals surface area contributed by atoms with Crippen molar-refractivity contribution in [2.75, 3.05) is 13.2 Å². The first-order valence-electron chi connectivity index (χ1n) is 8.02. The number of carbonyl (C=O) groups excluding carboxylic acids is 1. The first-order chi connectivity index (χ1) is 10.9. The van der Waals surface area contributed by atoms with Gasteiger partial charge in [-0.1, -0.05) is 45.0 Å². The predicted molar refractivity (Wildman–Crippen MR) is 90.7 cm³/mol. The van der Waals surface area contributed by atoms with E-state index in [1.165, 1.54) is 5.56 Å². The van der Waals surface area contributed by atoms with Gasteiger partial charge in [-0.25, -0.2) is 0 Å². The fourth-order valence-electron chi connectivity index (χ4n) is 2.50. The third-order valence-corrected chi connectivity index (χ3v) is 3.97. The van der Waals surface area contributed by atoms with Gasteiger partial charge in [0, 0.05) is 13.2 Å². The molecule has 1 amide bonds. The average Bonchev–Trinajstić information content (AvgIpc) is 3.03. The van der Waals surface area contributed by atoms with Crippen molar-refractivity contribution in [1.82, 2.24) is 5.32 Å². The van der Waals surface area contributed by atoms with E-state index < -0.39 is 0 Å². The van der Waals surface area contributed by atoms with Crippen LogP contribution < -0.4 is 5.32 Å². The van der Waals surface area contributed by atoms with Gasteiger partial charge in [0.15, 0.2) is 0 Å². The van der Waals surface area contributed by atoms with Gasteiger partial charge in [-0.2, -0.15) is 5.26 Å². The van der Waals surface area contributed by atoms with E-state index in [-0.39, 0.29) is 23.0 Å². The topological polar surface area (TPSA) is 62.1 Å². The highest BCUT2D eigenvalue weighted by Gasteiger charge is 2.18. The normalized spacial score (nSPS) is 18.5. The van der Waals surface area contributed by atoms with E-state index in [1.807, 2.05) is 30.3 Å². The SMILES string of the molecule is CC(C)(C)c1ccc(/C=C(\C#N)C(=O)NCC2CCCO2)cc1. The van der Waals surface area contributed by atoms with Gasteiger partial charge in [0.1, 0.15) is 11.6 Å². The first kappa shape index (κ1) is 17.2. The average molecular weight is 312 g/mol. The minimum atomic E-state index is -0.345. The van der Waals surface area contributed by atoms with Gasteiger partial charge in [-0.3, -0.25) is 4.79 Å². The summed E-state index contributed by atoms with van der Waals surface area (Å²) in [6.45, 7) is 7.66. The fourth-order valence-corrected chi connectivity index (χ4v) is 2.50. The highest BCUT2D eigenvalue weighted by atomic mass is 16.5. The van der Waals surface area contributed by atoms with Crippen molar-refractivity contribution < 1.29 is 9.53 Å². The molecule has 23 heavy (non-hydrogen) atoms. The number of nitriles is 1. The summed E-state index contributed by atoms with van der Waals surface area (Å²) in [4.78, 5) is 12.1. The summed E-state index contributed by atoms with van der Waals surface area (Å²) in [7, 11) is 0. The highest BCUT2D eigenvalue weighted by Crippen LogP contribution is 2.22. The Morgan fingerprint density at radius 2 is 2.09 bits per heavy atom. The lowest BCUT2D eigenvalue weighted by molar-refractivity contribution is -0.117. The van der Waals surface area contributed by atoms with Gasteiger partial charge >= 0.3 is 0 Å². The number of hydrogen-bond donors (Lipinski definition) is 1. The number of ether oxygens (including phenoxy) is 1. The predicted octanol–water partition coefficient (Wildman–Crippen LogP) is 3.19. The molecule has 0 bridgehead atoms. The molecule has 1 fully saturated rings. The Morgan fingerprint density at radius 3 is 2.61 bits per heavy atom. The summed E-state index contributed by atoms with van der Waals surface area (Å²) in [6.07, 6.45) is 3.68. The lowest BCUT2D eigenvalue weighted by atomic mass is 9.86. The van der Waals surface area contributed by atoms with E-state index in [4.69, 9.17) is 4.74 Å². The lowest BCUT2D eigenvalue weighted by Crippen LogP contribution is -2.32. The molecule has 4 heteroatoms. The summed E-state index contributed by atoms with van der Waals surface area (Å²) in [5.41, 5.74) is 2.27. The Labute approximate surface area is 138 Å². The van der Waals surface area contributed by atoms with Gasteiger partial charge in [-0.15, -0.1) is 0 Å². The molecule has 0 spiro atoms. The smallest absolute Gasteiger partial charge is 0.262 e. The second-order valence-corrected chi connectivity index (χ2v) is 6.89. The van der Waals surface area contributed by atoms with Crippen LogP contribution in [0.5, 0.6) is 0 Å². The fraction of sp³-hybridized carbons (Fsp3) is 0.474. The molecule has 1 N–H and O–H groups in total. The van der Waals surface area contributed by atoms with Crippen molar-refractivity contribution in [2.45, 2.75) is 45.1 Å². The Hall–Kier alpha value is -2.12. The molecule has 2 rings (SSSR count). The van der Waals surface area contributed by atoms with Gasteiger partial charge in [0.05, 0.1) is 6.10 Å². The number of amides is 1. The zero-order valence-corrected chi connectivity index (χ0v) is 14.1. The minimum Gasteiger partial charge on any atom is -0.376 e. The second kappa shape index (κ2) is 7.43. The lowest BCUT2D eigenvalue weighted by Gasteiger charge is -2.18. The van der Waals surface area contributed by atoms with Crippen molar-refractivity contribution in [2.24, 2.45) is 0 Å². The molecule has 1 heterocycles. The van der Waals surface area contributed by atoms with Gasteiger partial charge in [-0.05, 0) is 35.5 Å². The van der Waals surface area contributed by atoms with E-state index in [0.717, 1.165) is 25.0 Å². The molecule has 1 unspecified atom stereocenters. The number of nitrogens with one attached hydrogen (secondary N) is 1. The monoisotopic (exact) mass is 312 g/mol. The maximum absolute atomic E-state index is 12.1. The van der Waals surface area contributed by atoms with E-state index >= 15 is 0 Å². The minimum absolute atomic E-state index is 0.0740. The Balaban J connectivity index is 2.02. The van der Waals surface area contributed by atoms with E-state index in [9.17, 15) is 10.1 Å². The third-order valence-electron chi connectivity index (χ3n) is 3.97. The van der Waals surface area contributed by atoms with E-state index in [2.05, 4.69) is 26.1 Å². The van der Waals surface area contributed by atoms with Crippen LogP contribution in [0, 0.1) is 11.3 Å². The summed E-state index contributed by atoms with van der Waals surface area (Å²) in [5, 5.41) is 12.0. The maximum atomic E-state index is 12.1. The van der Waals surface area contributed by atoms with Crippen molar-refractivity contribution in [3.63, 3.8) is 0 Å². The van der Waals surface area contributed by atoms with Crippen LogP contribution >= 0.6 is 0 Å². The number of carbonyl (C=O) groups is 1. The molecular formula is C19H24N2O2. The van der Waals surface area contributed by atoms with Crippen molar-refractivity contribution in [3.05, 3.63) is 41.0 Å². The zero-order valence-electron chi connectivity index (χ0n) is 14.1. The summed E-state index contributed by atoms with van der Waals surface area (Å²) in [5.74, 6) is -0.345. The number of benzene rings is 1. The molecule has 1 aliphatic heterocycles. The number of hydrogen-bond acceptors (Lipinski definition) is 3. The zero-order chi connectivity index (χ0) is 16.9. The molecule has 0 saturated carbocycles. The summed E-state index contributed by atoms with van der Waals surface area (Å²) >= 11 is 0. The van der Waals surface area contributed by atoms with Gasteiger partial charge < -0.3 is 10.1 Å². The van der Waals surface area contributed by atoms with Crippen molar-refractivity contribution in [3.8, 4) is 6.07 Å². The van der Waals surface area contributed by atoms with Gasteiger partial charge in [0.2, 0.25) is 0 Å². The number of rotatable bonds is 4. The molecule has 4 nitrogen and oxygen atoms in total. The summed E-state index contributed by atoms with van der Waals surface area (Å²) < 4.78 is 5.46.